The SMILES string of the molecule is CCS(=O)(=O)N1CCC(C(=O)OC(C)C(=O)Nc2ccc(Oc3ccccc3)cc2)CC1. The van der Waals surface area contributed by atoms with Crippen LogP contribution in [0.25, 0.3) is 0 Å². The van der Waals surface area contributed by atoms with Crippen molar-refractivity contribution in [3.8, 4) is 11.5 Å². The Balaban J connectivity index is 1.47. The normalized spacial score (nSPS) is 16.2. The fraction of sp³-hybridized carbons (Fsp3) is 0.391. The Labute approximate surface area is 188 Å². The quantitative estimate of drug-likeness (QED) is 0.606. The number of piperidine rings is 1. The molecule has 3 rings (SSSR count). The number of rotatable bonds is 8. The maximum atomic E-state index is 12.4. The molecule has 32 heavy (non-hydrogen) atoms. The summed E-state index contributed by atoms with van der Waals surface area (Å²) in [6, 6.07) is 16.2. The van der Waals surface area contributed by atoms with Crippen LogP contribution in [0.2, 0.25) is 0 Å². The van der Waals surface area contributed by atoms with Crippen molar-refractivity contribution in [1.82, 2.24) is 4.31 Å². The molecule has 0 saturated carbocycles. The van der Waals surface area contributed by atoms with Gasteiger partial charge in [-0.25, -0.2) is 12.7 Å². The minimum absolute atomic E-state index is 0.0404. The summed E-state index contributed by atoms with van der Waals surface area (Å²) >= 11 is 0. The molecule has 1 aliphatic heterocycles. The summed E-state index contributed by atoms with van der Waals surface area (Å²) in [4.78, 5) is 24.8. The number of ether oxygens (including phenoxy) is 2. The van der Waals surface area contributed by atoms with E-state index in [4.69, 9.17) is 9.47 Å². The average molecular weight is 461 g/mol. The molecule has 1 saturated heterocycles. The lowest BCUT2D eigenvalue weighted by molar-refractivity contribution is -0.158. The number of benzene rings is 2. The molecule has 0 aliphatic carbocycles. The van der Waals surface area contributed by atoms with Gasteiger partial charge >= 0.3 is 5.97 Å². The zero-order chi connectivity index (χ0) is 23.1. The van der Waals surface area contributed by atoms with Gasteiger partial charge in [-0.05, 0) is 63.1 Å². The first-order valence-corrected chi connectivity index (χ1v) is 12.2. The third-order valence-corrected chi connectivity index (χ3v) is 7.19. The van der Waals surface area contributed by atoms with Crippen LogP contribution in [0.15, 0.2) is 54.6 Å². The molecule has 0 bridgehead atoms. The van der Waals surface area contributed by atoms with Gasteiger partial charge in [0.25, 0.3) is 5.91 Å². The Kier molecular flexibility index (Phi) is 7.87. The van der Waals surface area contributed by atoms with Crippen LogP contribution in [0.5, 0.6) is 11.5 Å². The summed E-state index contributed by atoms with van der Waals surface area (Å²) < 4.78 is 36.3. The largest absolute Gasteiger partial charge is 0.457 e. The minimum Gasteiger partial charge on any atom is -0.457 e. The van der Waals surface area contributed by atoms with Gasteiger partial charge in [0.1, 0.15) is 11.5 Å². The van der Waals surface area contributed by atoms with Gasteiger partial charge in [-0.15, -0.1) is 0 Å². The fourth-order valence-electron chi connectivity index (χ4n) is 3.35. The van der Waals surface area contributed by atoms with Crippen molar-refractivity contribution >= 4 is 27.6 Å². The van der Waals surface area contributed by atoms with Gasteiger partial charge in [0.15, 0.2) is 6.10 Å². The number of sulfonamides is 1. The maximum absolute atomic E-state index is 12.4. The van der Waals surface area contributed by atoms with Gasteiger partial charge in [-0.1, -0.05) is 18.2 Å². The minimum atomic E-state index is -3.25. The van der Waals surface area contributed by atoms with Crippen molar-refractivity contribution in [2.75, 3.05) is 24.2 Å². The lowest BCUT2D eigenvalue weighted by Gasteiger charge is -2.30. The van der Waals surface area contributed by atoms with Gasteiger partial charge in [-0.2, -0.15) is 0 Å². The first kappa shape index (κ1) is 23.7. The maximum Gasteiger partial charge on any atom is 0.309 e. The van der Waals surface area contributed by atoms with Gasteiger partial charge in [-0.3, -0.25) is 9.59 Å². The van der Waals surface area contributed by atoms with Crippen molar-refractivity contribution in [3.63, 3.8) is 0 Å². The number of para-hydroxylation sites is 1. The fourth-order valence-corrected chi connectivity index (χ4v) is 4.48. The number of hydrogen-bond acceptors (Lipinski definition) is 6. The number of anilines is 1. The third kappa shape index (κ3) is 6.30. The molecule has 1 fully saturated rings. The lowest BCUT2D eigenvalue weighted by Crippen LogP contribution is -2.42. The van der Waals surface area contributed by atoms with Crippen LogP contribution in [0.3, 0.4) is 0 Å². The summed E-state index contributed by atoms with van der Waals surface area (Å²) in [5, 5.41) is 2.72. The summed E-state index contributed by atoms with van der Waals surface area (Å²) in [6.45, 7) is 3.68. The molecule has 1 atom stereocenters. The monoisotopic (exact) mass is 460 g/mol. The zero-order valence-electron chi connectivity index (χ0n) is 18.2. The third-order valence-electron chi connectivity index (χ3n) is 5.31. The van der Waals surface area contributed by atoms with Crippen molar-refractivity contribution in [2.24, 2.45) is 5.92 Å². The Hall–Kier alpha value is -2.91. The predicted octanol–water partition coefficient (Wildman–Crippen LogP) is 3.41. The number of carbonyl (C=O) groups excluding carboxylic acids is 2. The molecular formula is C23H28N2O6S. The number of esters is 1. The van der Waals surface area contributed by atoms with Crippen molar-refractivity contribution < 1.29 is 27.5 Å². The van der Waals surface area contributed by atoms with E-state index in [0.29, 0.717) is 30.0 Å². The molecule has 9 heteroatoms. The van der Waals surface area contributed by atoms with Crippen LogP contribution in [0, 0.1) is 5.92 Å². The number of nitrogens with zero attached hydrogens (tertiary/aromatic N) is 1. The molecule has 1 unspecified atom stereocenters. The van der Waals surface area contributed by atoms with E-state index in [9.17, 15) is 18.0 Å². The molecule has 172 valence electrons. The van der Waals surface area contributed by atoms with E-state index >= 15 is 0 Å². The second-order valence-electron chi connectivity index (χ2n) is 7.58. The topological polar surface area (TPSA) is 102 Å². The molecule has 1 aliphatic rings. The van der Waals surface area contributed by atoms with Crippen molar-refractivity contribution in [2.45, 2.75) is 32.8 Å². The summed E-state index contributed by atoms with van der Waals surface area (Å²) in [6.07, 6.45) is -0.204. The van der Waals surface area contributed by atoms with Crippen molar-refractivity contribution in [1.29, 1.82) is 0 Å². The number of hydrogen-bond donors (Lipinski definition) is 1. The van der Waals surface area contributed by atoms with E-state index in [1.54, 1.807) is 31.2 Å². The van der Waals surface area contributed by atoms with E-state index in [1.165, 1.54) is 11.2 Å². The van der Waals surface area contributed by atoms with E-state index in [-0.39, 0.29) is 18.8 Å². The first-order valence-electron chi connectivity index (χ1n) is 10.6. The second-order valence-corrected chi connectivity index (χ2v) is 9.84. The van der Waals surface area contributed by atoms with E-state index in [2.05, 4.69) is 5.32 Å². The van der Waals surface area contributed by atoms with Gasteiger partial charge in [0.05, 0.1) is 11.7 Å². The molecule has 1 N–H and O–H groups in total. The van der Waals surface area contributed by atoms with E-state index in [1.807, 2.05) is 30.3 Å². The Morgan fingerprint density at radius 3 is 2.22 bits per heavy atom. The number of carbonyl (C=O) groups is 2. The highest BCUT2D eigenvalue weighted by atomic mass is 32.2. The summed E-state index contributed by atoms with van der Waals surface area (Å²) in [7, 11) is -3.25. The standard InChI is InChI=1S/C23H28N2O6S/c1-3-32(28,29)25-15-13-18(14-16-25)23(27)30-17(2)22(26)24-19-9-11-21(12-10-19)31-20-7-5-4-6-8-20/h4-12,17-18H,3,13-16H2,1-2H3,(H,24,26). The highest BCUT2D eigenvalue weighted by Crippen LogP contribution is 2.24. The molecule has 1 amide bonds. The van der Waals surface area contributed by atoms with Crippen LogP contribution < -0.4 is 10.1 Å². The Bertz CT molecular complexity index is 1020. The Morgan fingerprint density at radius 2 is 1.62 bits per heavy atom. The van der Waals surface area contributed by atoms with Gasteiger partial charge in [0, 0.05) is 18.8 Å². The van der Waals surface area contributed by atoms with Crippen LogP contribution in [0.1, 0.15) is 26.7 Å². The molecule has 0 spiro atoms. The van der Waals surface area contributed by atoms with Crippen LogP contribution in [-0.2, 0) is 24.3 Å². The average Bonchev–Trinajstić information content (AvgIpc) is 2.81. The molecular weight excluding hydrogens is 432 g/mol. The lowest BCUT2D eigenvalue weighted by atomic mass is 9.98. The van der Waals surface area contributed by atoms with E-state index in [0.717, 1.165) is 0 Å². The van der Waals surface area contributed by atoms with Crippen LogP contribution in [-0.4, -0.2) is 49.5 Å². The highest BCUT2D eigenvalue weighted by molar-refractivity contribution is 7.89. The number of amides is 1. The highest BCUT2D eigenvalue weighted by Gasteiger charge is 2.32. The van der Waals surface area contributed by atoms with Gasteiger partial charge < -0.3 is 14.8 Å². The van der Waals surface area contributed by atoms with Crippen LogP contribution in [0.4, 0.5) is 5.69 Å². The van der Waals surface area contributed by atoms with Crippen molar-refractivity contribution in [3.05, 3.63) is 54.6 Å². The van der Waals surface area contributed by atoms with Crippen LogP contribution >= 0.6 is 0 Å². The molecule has 0 radical (unpaired) electrons. The predicted molar refractivity (Wildman–Crippen MR) is 121 cm³/mol. The summed E-state index contributed by atoms with van der Waals surface area (Å²) in [5.41, 5.74) is 0.552. The second kappa shape index (κ2) is 10.6. The molecule has 2 aromatic carbocycles. The zero-order valence-corrected chi connectivity index (χ0v) is 19.0. The molecule has 2 aromatic rings. The smallest absolute Gasteiger partial charge is 0.309 e. The Morgan fingerprint density at radius 1 is 1.03 bits per heavy atom. The number of nitrogens with one attached hydrogen (secondary N) is 1. The molecule has 8 nitrogen and oxygen atoms in total. The summed E-state index contributed by atoms with van der Waals surface area (Å²) in [5.74, 6) is 0.0449. The molecule has 0 aromatic heterocycles. The molecule has 1 heterocycles. The van der Waals surface area contributed by atoms with Gasteiger partial charge in [0.2, 0.25) is 10.0 Å². The van der Waals surface area contributed by atoms with E-state index < -0.39 is 33.9 Å². The first-order chi connectivity index (χ1) is 15.3.